The summed E-state index contributed by atoms with van der Waals surface area (Å²) in [7, 11) is 0. The third-order valence-corrected chi connectivity index (χ3v) is 4.02. The molecule has 0 bridgehead atoms. The average molecular weight is 295 g/mol. The van der Waals surface area contributed by atoms with Gasteiger partial charge in [-0.1, -0.05) is 18.2 Å². The third kappa shape index (κ3) is 1.95. The molecule has 1 aliphatic heterocycles. The highest BCUT2D eigenvalue weighted by molar-refractivity contribution is 5.86. The van der Waals surface area contributed by atoms with E-state index in [2.05, 4.69) is 10.4 Å². The van der Waals surface area contributed by atoms with Gasteiger partial charge < -0.3 is 15.5 Å². The quantitative estimate of drug-likeness (QED) is 0.475. The lowest BCUT2D eigenvalue weighted by atomic mass is 10.1. The van der Waals surface area contributed by atoms with E-state index in [1.54, 1.807) is 0 Å². The van der Waals surface area contributed by atoms with Crippen molar-refractivity contribution in [2.75, 3.05) is 11.9 Å². The summed E-state index contributed by atoms with van der Waals surface area (Å²) in [6, 6.07) is 9.88. The lowest BCUT2D eigenvalue weighted by Crippen LogP contribution is -2.24. The van der Waals surface area contributed by atoms with Gasteiger partial charge in [0.1, 0.15) is 17.1 Å². The van der Waals surface area contributed by atoms with Crippen LogP contribution in [0.1, 0.15) is 18.4 Å². The molecule has 0 saturated heterocycles. The molecule has 1 aromatic carbocycles. The lowest BCUT2D eigenvalue weighted by molar-refractivity contribution is 0.626. The van der Waals surface area contributed by atoms with Gasteiger partial charge in [-0.2, -0.15) is 9.78 Å². The minimum absolute atomic E-state index is 0.0898. The summed E-state index contributed by atoms with van der Waals surface area (Å²) < 4.78 is 7.40. The molecule has 0 radical (unpaired) electrons. The highest BCUT2D eigenvalue weighted by Gasteiger charge is 2.23. The minimum Gasteiger partial charge on any atom is -0.454 e. The van der Waals surface area contributed by atoms with Gasteiger partial charge in [-0.3, -0.25) is 5.41 Å². The maximum atomic E-state index is 7.74. The monoisotopic (exact) mass is 295 g/mol. The van der Waals surface area contributed by atoms with E-state index in [-0.39, 0.29) is 5.96 Å². The molecule has 6 heteroatoms. The second-order valence-electron chi connectivity index (χ2n) is 5.51. The summed E-state index contributed by atoms with van der Waals surface area (Å²) in [5.41, 5.74) is 8.36. The fourth-order valence-electron chi connectivity index (χ4n) is 2.97. The maximum Gasteiger partial charge on any atom is 0.215 e. The molecule has 0 spiro atoms. The van der Waals surface area contributed by atoms with E-state index in [1.165, 1.54) is 4.68 Å². The van der Waals surface area contributed by atoms with E-state index < -0.39 is 0 Å². The second kappa shape index (κ2) is 4.91. The zero-order valence-corrected chi connectivity index (χ0v) is 12.1. The van der Waals surface area contributed by atoms with Gasteiger partial charge in [0.05, 0.1) is 0 Å². The third-order valence-electron chi connectivity index (χ3n) is 4.02. The van der Waals surface area contributed by atoms with Crippen molar-refractivity contribution in [3.8, 4) is 11.5 Å². The number of para-hydroxylation sites is 1. The molecule has 0 fully saturated rings. The number of aromatic nitrogens is 2. The summed E-state index contributed by atoms with van der Waals surface area (Å²) in [6.07, 6.45) is 3.07. The lowest BCUT2D eigenvalue weighted by Gasteiger charge is -2.06. The fourth-order valence-corrected chi connectivity index (χ4v) is 2.97. The molecule has 3 heterocycles. The predicted molar refractivity (Wildman–Crippen MR) is 86.2 cm³/mol. The largest absolute Gasteiger partial charge is 0.454 e. The number of benzene rings is 1. The molecule has 0 unspecified atom stereocenters. The number of rotatable bonds is 1. The van der Waals surface area contributed by atoms with E-state index in [4.69, 9.17) is 15.6 Å². The van der Waals surface area contributed by atoms with Crippen molar-refractivity contribution in [2.24, 2.45) is 5.73 Å². The Kier molecular flexibility index (Phi) is 2.89. The van der Waals surface area contributed by atoms with Crippen LogP contribution in [-0.4, -0.2) is 22.3 Å². The maximum absolute atomic E-state index is 7.74. The summed E-state index contributed by atoms with van der Waals surface area (Å²) in [4.78, 5) is 0. The minimum atomic E-state index is -0.0898. The Morgan fingerprint density at radius 1 is 1.32 bits per heavy atom. The van der Waals surface area contributed by atoms with E-state index in [0.29, 0.717) is 0 Å². The van der Waals surface area contributed by atoms with Gasteiger partial charge in [0.15, 0.2) is 5.76 Å². The molecule has 2 aromatic heterocycles. The molecule has 4 rings (SSSR count). The van der Waals surface area contributed by atoms with Crippen molar-refractivity contribution in [3.63, 3.8) is 0 Å². The molecular formula is C16H17N5O. The molecule has 6 nitrogen and oxygen atoms in total. The van der Waals surface area contributed by atoms with Crippen LogP contribution >= 0.6 is 0 Å². The van der Waals surface area contributed by atoms with Crippen LogP contribution in [0.15, 0.2) is 34.7 Å². The van der Waals surface area contributed by atoms with Gasteiger partial charge in [-0.25, -0.2) is 0 Å². The van der Waals surface area contributed by atoms with Crippen molar-refractivity contribution in [1.82, 2.24) is 9.78 Å². The number of furan rings is 1. The number of nitrogens with one attached hydrogen (secondary N) is 2. The second-order valence-corrected chi connectivity index (χ2v) is 5.51. The fraction of sp³-hybridized carbons (Fsp3) is 0.250. The smallest absolute Gasteiger partial charge is 0.215 e. The van der Waals surface area contributed by atoms with Crippen LogP contribution in [-0.2, 0) is 6.42 Å². The van der Waals surface area contributed by atoms with Crippen molar-refractivity contribution in [1.29, 1.82) is 5.41 Å². The number of nitrogen functional groups attached to an aromatic ring is 1. The van der Waals surface area contributed by atoms with E-state index >= 15 is 0 Å². The van der Waals surface area contributed by atoms with Gasteiger partial charge in [-0.15, -0.1) is 0 Å². The van der Waals surface area contributed by atoms with Crippen molar-refractivity contribution in [2.45, 2.75) is 19.3 Å². The van der Waals surface area contributed by atoms with Crippen LogP contribution in [0.5, 0.6) is 0 Å². The summed E-state index contributed by atoms with van der Waals surface area (Å²) >= 11 is 0. The Morgan fingerprint density at radius 2 is 2.18 bits per heavy atom. The first kappa shape index (κ1) is 12.9. The molecule has 0 amide bonds. The molecule has 4 N–H and O–H groups in total. The van der Waals surface area contributed by atoms with Gasteiger partial charge in [0.25, 0.3) is 0 Å². The number of anilines is 1. The van der Waals surface area contributed by atoms with Crippen molar-refractivity contribution in [3.05, 3.63) is 35.9 Å². The average Bonchev–Trinajstić information content (AvgIpc) is 3.01. The Labute approximate surface area is 127 Å². The number of hydrogen-bond acceptors (Lipinski definition) is 4. The zero-order valence-electron chi connectivity index (χ0n) is 12.1. The molecule has 3 aromatic rings. The number of fused-ring (bicyclic) bond motifs is 2. The van der Waals surface area contributed by atoms with Crippen LogP contribution in [0.2, 0.25) is 0 Å². The Balaban J connectivity index is 1.92. The first-order valence-electron chi connectivity index (χ1n) is 7.43. The highest BCUT2D eigenvalue weighted by atomic mass is 16.3. The van der Waals surface area contributed by atoms with Gasteiger partial charge in [-0.05, 0) is 31.4 Å². The summed E-state index contributed by atoms with van der Waals surface area (Å²) in [6.45, 7) is 0.867. The molecule has 0 saturated carbocycles. The van der Waals surface area contributed by atoms with E-state index in [0.717, 1.165) is 59.6 Å². The highest BCUT2D eigenvalue weighted by Crippen LogP contribution is 2.34. The summed E-state index contributed by atoms with van der Waals surface area (Å²) in [5.74, 6) is 1.45. The van der Waals surface area contributed by atoms with Crippen LogP contribution in [0.25, 0.3) is 22.4 Å². The van der Waals surface area contributed by atoms with Crippen LogP contribution < -0.4 is 11.1 Å². The summed E-state index contributed by atoms with van der Waals surface area (Å²) in [5, 5.41) is 16.6. The van der Waals surface area contributed by atoms with Gasteiger partial charge >= 0.3 is 0 Å². The first-order valence-corrected chi connectivity index (χ1v) is 7.43. The Bertz CT molecular complexity index is 828. The molecule has 22 heavy (non-hydrogen) atoms. The number of hydrogen-bond donors (Lipinski definition) is 3. The molecule has 0 atom stereocenters. The molecular weight excluding hydrogens is 278 g/mol. The van der Waals surface area contributed by atoms with Gasteiger partial charge in [0.2, 0.25) is 5.96 Å². The van der Waals surface area contributed by atoms with Crippen LogP contribution in [0, 0.1) is 5.41 Å². The molecule has 0 aliphatic carbocycles. The van der Waals surface area contributed by atoms with Gasteiger partial charge in [0, 0.05) is 17.5 Å². The molecule has 1 aliphatic rings. The van der Waals surface area contributed by atoms with E-state index in [9.17, 15) is 0 Å². The topological polar surface area (TPSA) is 92.9 Å². The first-order chi connectivity index (χ1) is 10.7. The normalized spacial score (nSPS) is 14.4. The van der Waals surface area contributed by atoms with Crippen molar-refractivity contribution >= 4 is 22.7 Å². The number of nitrogens with two attached hydrogens (primary N) is 1. The Morgan fingerprint density at radius 3 is 3.00 bits per heavy atom. The van der Waals surface area contributed by atoms with Crippen molar-refractivity contribution < 1.29 is 4.42 Å². The Hall–Kier alpha value is -2.76. The standard InChI is InChI=1S/C16H17N5O/c17-16(18)21-15-11(6-3-4-8-19-15)14(20-21)13-9-10-5-1-2-7-12(10)22-13/h1-2,5,7,9,19H,3-4,6,8H2,(H3,17,18). The molecule has 112 valence electrons. The zero-order chi connectivity index (χ0) is 15.1. The number of nitrogens with zero attached hydrogens (tertiary/aromatic N) is 2. The van der Waals surface area contributed by atoms with Crippen LogP contribution in [0.4, 0.5) is 5.82 Å². The van der Waals surface area contributed by atoms with Crippen LogP contribution in [0.3, 0.4) is 0 Å². The van der Waals surface area contributed by atoms with E-state index in [1.807, 2.05) is 30.3 Å². The SMILES string of the molecule is N=C(N)n1nc(-c2cc3ccccc3o2)c2c1NCCCC2. The predicted octanol–water partition coefficient (Wildman–Crippen LogP) is 2.79.